The van der Waals surface area contributed by atoms with Gasteiger partial charge in [0.25, 0.3) is 5.91 Å². The second-order valence-corrected chi connectivity index (χ2v) is 6.14. The van der Waals surface area contributed by atoms with E-state index in [-0.39, 0.29) is 17.7 Å². The molecule has 2 aromatic rings. The van der Waals surface area contributed by atoms with Gasteiger partial charge in [-0.3, -0.25) is 4.79 Å². The number of hydrogen-bond donors (Lipinski definition) is 1. The highest BCUT2D eigenvalue weighted by molar-refractivity contribution is 5.81. The predicted molar refractivity (Wildman–Crippen MR) is 100 cm³/mol. The fourth-order valence-electron chi connectivity index (χ4n) is 2.82. The lowest BCUT2D eigenvalue weighted by atomic mass is 10.0. The summed E-state index contributed by atoms with van der Waals surface area (Å²) < 4.78 is 24.7. The molecule has 0 saturated carbocycles. The minimum atomic E-state index is -0.750. The molecule has 0 aliphatic rings. The van der Waals surface area contributed by atoms with Crippen molar-refractivity contribution in [3.8, 4) is 11.5 Å². The Kier molecular flexibility index (Phi) is 7.01. The Balaban J connectivity index is 2.11. The monoisotopic (exact) mass is 359 g/mol. The smallest absolute Gasteiger partial charge is 0.261 e. The minimum Gasteiger partial charge on any atom is -0.496 e. The fraction of sp³-hybridized carbons (Fsp3) is 0.381. The van der Waals surface area contributed by atoms with E-state index in [1.807, 2.05) is 39.0 Å². The molecule has 0 aliphatic carbocycles. The van der Waals surface area contributed by atoms with E-state index in [9.17, 15) is 9.18 Å². The molecule has 2 atom stereocenters. The van der Waals surface area contributed by atoms with Gasteiger partial charge in [0.2, 0.25) is 0 Å². The second kappa shape index (κ2) is 9.22. The van der Waals surface area contributed by atoms with Crippen molar-refractivity contribution in [2.75, 3.05) is 7.11 Å². The van der Waals surface area contributed by atoms with E-state index in [4.69, 9.17) is 9.47 Å². The molecule has 5 heteroatoms. The van der Waals surface area contributed by atoms with Crippen LogP contribution in [0.3, 0.4) is 0 Å². The molecule has 1 N–H and O–H groups in total. The molecule has 0 unspecified atom stereocenters. The van der Waals surface area contributed by atoms with Crippen molar-refractivity contribution in [2.45, 2.75) is 45.8 Å². The lowest BCUT2D eigenvalue weighted by Crippen LogP contribution is -2.40. The molecule has 1 amide bonds. The SMILES string of the molecule is CC[C@@H](Oc1ccccc1F)C(=O)N[C@H](CC)c1ccc(OC)c(C)c1. The van der Waals surface area contributed by atoms with Gasteiger partial charge < -0.3 is 14.8 Å². The number of halogens is 1. The van der Waals surface area contributed by atoms with E-state index in [1.165, 1.54) is 12.1 Å². The highest BCUT2D eigenvalue weighted by Crippen LogP contribution is 2.25. The zero-order valence-electron chi connectivity index (χ0n) is 15.7. The van der Waals surface area contributed by atoms with Gasteiger partial charge in [-0.15, -0.1) is 0 Å². The lowest BCUT2D eigenvalue weighted by Gasteiger charge is -2.23. The number of methoxy groups -OCH3 is 1. The highest BCUT2D eigenvalue weighted by Gasteiger charge is 2.23. The molecule has 0 spiro atoms. The van der Waals surface area contributed by atoms with Crippen molar-refractivity contribution in [3.63, 3.8) is 0 Å². The number of aryl methyl sites for hydroxylation is 1. The standard InChI is InChI=1S/C21H26FNO3/c1-5-17(15-11-12-19(25-4)14(3)13-15)23-21(24)18(6-2)26-20-10-8-7-9-16(20)22/h7-13,17-18H,5-6H2,1-4H3,(H,23,24)/t17-,18-/m1/s1. The number of ether oxygens (including phenoxy) is 2. The number of nitrogens with one attached hydrogen (secondary N) is 1. The Labute approximate surface area is 154 Å². The highest BCUT2D eigenvalue weighted by atomic mass is 19.1. The summed E-state index contributed by atoms with van der Waals surface area (Å²) in [6.45, 7) is 5.81. The predicted octanol–water partition coefficient (Wildman–Crippen LogP) is 4.57. The quantitative estimate of drug-likeness (QED) is 0.751. The van der Waals surface area contributed by atoms with Crippen molar-refractivity contribution in [2.24, 2.45) is 0 Å². The maximum absolute atomic E-state index is 13.8. The van der Waals surface area contributed by atoms with Gasteiger partial charge in [-0.25, -0.2) is 4.39 Å². The summed E-state index contributed by atoms with van der Waals surface area (Å²) in [4.78, 5) is 12.7. The third-order valence-corrected chi connectivity index (χ3v) is 4.32. The number of hydrogen-bond acceptors (Lipinski definition) is 3. The van der Waals surface area contributed by atoms with Crippen LogP contribution in [-0.2, 0) is 4.79 Å². The van der Waals surface area contributed by atoms with Crippen molar-refractivity contribution in [3.05, 3.63) is 59.4 Å². The Bertz CT molecular complexity index is 748. The van der Waals surface area contributed by atoms with E-state index in [0.717, 1.165) is 23.3 Å². The number of carbonyl (C=O) groups is 1. The van der Waals surface area contributed by atoms with Gasteiger partial charge >= 0.3 is 0 Å². The number of benzene rings is 2. The summed E-state index contributed by atoms with van der Waals surface area (Å²) in [6, 6.07) is 11.8. The molecule has 0 aromatic heterocycles. The maximum atomic E-state index is 13.8. The van der Waals surface area contributed by atoms with Gasteiger partial charge in [0.1, 0.15) is 5.75 Å². The topological polar surface area (TPSA) is 47.6 Å². The van der Waals surface area contributed by atoms with Crippen molar-refractivity contribution < 1.29 is 18.7 Å². The summed E-state index contributed by atoms with van der Waals surface area (Å²) in [5.74, 6) is 0.166. The average Bonchev–Trinajstić information content (AvgIpc) is 2.65. The van der Waals surface area contributed by atoms with Crippen LogP contribution in [0.25, 0.3) is 0 Å². The molecule has 4 nitrogen and oxygen atoms in total. The maximum Gasteiger partial charge on any atom is 0.261 e. The fourth-order valence-corrected chi connectivity index (χ4v) is 2.82. The molecule has 0 aliphatic heterocycles. The number of carbonyl (C=O) groups excluding carboxylic acids is 1. The first-order chi connectivity index (χ1) is 12.5. The van der Waals surface area contributed by atoms with Gasteiger partial charge in [-0.05, 0) is 49.1 Å². The third-order valence-electron chi connectivity index (χ3n) is 4.32. The van der Waals surface area contributed by atoms with Crippen molar-refractivity contribution in [1.29, 1.82) is 0 Å². The first-order valence-corrected chi connectivity index (χ1v) is 8.86. The summed E-state index contributed by atoms with van der Waals surface area (Å²) in [5, 5.41) is 3.01. The first kappa shape index (κ1) is 19.8. The van der Waals surface area contributed by atoms with E-state index >= 15 is 0 Å². The average molecular weight is 359 g/mol. The van der Waals surface area contributed by atoms with Crippen LogP contribution in [0.5, 0.6) is 11.5 Å². The molecule has 0 saturated heterocycles. The minimum absolute atomic E-state index is 0.0860. The summed E-state index contributed by atoms with van der Waals surface area (Å²) in [5.41, 5.74) is 2.01. The first-order valence-electron chi connectivity index (χ1n) is 8.86. The molecular weight excluding hydrogens is 333 g/mol. The third kappa shape index (κ3) is 4.75. The van der Waals surface area contributed by atoms with Crippen LogP contribution in [0.1, 0.15) is 43.9 Å². The molecule has 0 radical (unpaired) electrons. The summed E-state index contributed by atoms with van der Waals surface area (Å²) in [7, 11) is 1.63. The van der Waals surface area contributed by atoms with E-state index in [0.29, 0.717) is 6.42 Å². The van der Waals surface area contributed by atoms with Crippen LogP contribution in [0, 0.1) is 12.7 Å². The summed E-state index contributed by atoms with van der Waals surface area (Å²) >= 11 is 0. The van der Waals surface area contributed by atoms with Gasteiger partial charge in [0.05, 0.1) is 13.2 Å². The zero-order chi connectivity index (χ0) is 19.1. The van der Waals surface area contributed by atoms with E-state index < -0.39 is 11.9 Å². The van der Waals surface area contributed by atoms with Gasteiger partial charge in [-0.1, -0.05) is 38.1 Å². The lowest BCUT2D eigenvalue weighted by molar-refractivity contribution is -0.129. The number of amides is 1. The Hall–Kier alpha value is -2.56. The van der Waals surface area contributed by atoms with Crippen LogP contribution >= 0.6 is 0 Å². The van der Waals surface area contributed by atoms with Crippen LogP contribution in [0.15, 0.2) is 42.5 Å². The second-order valence-electron chi connectivity index (χ2n) is 6.14. The molecular formula is C21H26FNO3. The molecule has 0 fully saturated rings. The zero-order valence-corrected chi connectivity index (χ0v) is 15.7. The molecule has 26 heavy (non-hydrogen) atoms. The van der Waals surface area contributed by atoms with Gasteiger partial charge in [-0.2, -0.15) is 0 Å². The largest absolute Gasteiger partial charge is 0.496 e. The Morgan fingerprint density at radius 1 is 1.12 bits per heavy atom. The molecule has 2 aromatic carbocycles. The van der Waals surface area contributed by atoms with Crippen LogP contribution in [0.4, 0.5) is 4.39 Å². The molecule has 0 bridgehead atoms. The Morgan fingerprint density at radius 3 is 2.42 bits per heavy atom. The van der Waals surface area contributed by atoms with Crippen LogP contribution in [-0.4, -0.2) is 19.1 Å². The van der Waals surface area contributed by atoms with Crippen LogP contribution in [0.2, 0.25) is 0 Å². The molecule has 140 valence electrons. The summed E-state index contributed by atoms with van der Waals surface area (Å²) in [6.07, 6.45) is 0.423. The molecule has 2 rings (SSSR count). The van der Waals surface area contributed by atoms with Crippen molar-refractivity contribution in [1.82, 2.24) is 5.32 Å². The number of rotatable bonds is 8. The van der Waals surface area contributed by atoms with Crippen molar-refractivity contribution >= 4 is 5.91 Å². The van der Waals surface area contributed by atoms with Gasteiger partial charge in [0, 0.05) is 0 Å². The van der Waals surface area contributed by atoms with E-state index in [1.54, 1.807) is 19.2 Å². The van der Waals surface area contributed by atoms with E-state index in [2.05, 4.69) is 5.32 Å². The normalized spacial score (nSPS) is 13.0. The number of para-hydroxylation sites is 1. The van der Waals surface area contributed by atoms with Gasteiger partial charge in [0.15, 0.2) is 17.7 Å². The molecule has 0 heterocycles. The van der Waals surface area contributed by atoms with Crippen LogP contribution < -0.4 is 14.8 Å². The Morgan fingerprint density at radius 2 is 1.85 bits per heavy atom.